The van der Waals surface area contributed by atoms with Crippen molar-refractivity contribution < 1.29 is 9.53 Å². The molecule has 41 valence electrons. The van der Waals surface area contributed by atoms with Gasteiger partial charge in [-0.1, -0.05) is 0 Å². The lowest BCUT2D eigenvalue weighted by Crippen LogP contribution is -2.20. The van der Waals surface area contributed by atoms with Crippen molar-refractivity contribution in [3.05, 3.63) is 7.11 Å². The Morgan fingerprint density at radius 3 is 2.14 bits per heavy atom. The van der Waals surface area contributed by atoms with Crippen LogP contribution in [-0.2, 0) is 4.74 Å². The number of amides is 1. The van der Waals surface area contributed by atoms with Crippen LogP contribution in [0.25, 0.3) is 0 Å². The minimum absolute atomic E-state index is 0.431. The topological polar surface area (TPSA) is 29.5 Å². The van der Waals surface area contributed by atoms with Gasteiger partial charge in [-0.2, -0.15) is 0 Å². The summed E-state index contributed by atoms with van der Waals surface area (Å²) in [6.45, 7) is 0. The fourth-order valence-electron chi connectivity index (χ4n) is 0.129. The summed E-state index contributed by atoms with van der Waals surface area (Å²) in [5.74, 6) is 0. The molecule has 0 aliphatic carbocycles. The first-order valence-electron chi connectivity index (χ1n) is 1.81. The number of nitrogens with zero attached hydrogens (tertiary/aromatic N) is 1. The van der Waals surface area contributed by atoms with E-state index in [4.69, 9.17) is 0 Å². The predicted molar refractivity (Wildman–Crippen MR) is 25.5 cm³/mol. The monoisotopic (exact) mass is 102 g/mol. The number of hydrogen-bond acceptors (Lipinski definition) is 2. The highest BCUT2D eigenvalue weighted by atomic mass is 16.5. The number of rotatable bonds is 0. The summed E-state index contributed by atoms with van der Waals surface area (Å²) in [5, 5.41) is 0. The van der Waals surface area contributed by atoms with Gasteiger partial charge in [0.25, 0.3) is 0 Å². The average molecular weight is 102 g/mol. The van der Waals surface area contributed by atoms with Crippen LogP contribution in [0.2, 0.25) is 0 Å². The van der Waals surface area contributed by atoms with Crippen molar-refractivity contribution in [2.75, 3.05) is 14.1 Å². The molecule has 0 aliphatic heterocycles. The van der Waals surface area contributed by atoms with E-state index >= 15 is 0 Å². The van der Waals surface area contributed by atoms with Crippen molar-refractivity contribution in [2.24, 2.45) is 0 Å². The molecule has 0 spiro atoms. The second-order valence-electron chi connectivity index (χ2n) is 1.30. The van der Waals surface area contributed by atoms with Crippen molar-refractivity contribution in [1.29, 1.82) is 0 Å². The molecule has 7 heavy (non-hydrogen) atoms. The van der Waals surface area contributed by atoms with E-state index in [1.165, 1.54) is 4.90 Å². The first-order chi connectivity index (χ1) is 3.18. The summed E-state index contributed by atoms with van der Waals surface area (Å²) in [6.07, 6.45) is -0.431. The summed E-state index contributed by atoms with van der Waals surface area (Å²) < 4.78 is 4.05. The smallest absolute Gasteiger partial charge is 0.409 e. The molecule has 0 unspecified atom stereocenters. The van der Waals surface area contributed by atoms with Crippen LogP contribution in [0.3, 0.4) is 0 Å². The zero-order valence-corrected chi connectivity index (χ0v) is 4.47. The van der Waals surface area contributed by atoms with Gasteiger partial charge < -0.3 is 9.64 Å². The maximum absolute atomic E-state index is 10.2. The Bertz CT molecular complexity index is 70.1. The Morgan fingerprint density at radius 1 is 1.71 bits per heavy atom. The second kappa shape index (κ2) is 2.44. The van der Waals surface area contributed by atoms with Crippen molar-refractivity contribution in [3.8, 4) is 0 Å². The Kier molecular flexibility index (Phi) is 2.19. The van der Waals surface area contributed by atoms with Gasteiger partial charge in [0.15, 0.2) is 0 Å². The van der Waals surface area contributed by atoms with Crippen LogP contribution in [-0.4, -0.2) is 25.1 Å². The third-order valence-corrected chi connectivity index (χ3v) is 0.489. The number of carbonyl (C=O) groups excluding carboxylic acids is 1. The summed E-state index contributed by atoms with van der Waals surface area (Å²) in [7, 11) is 6.10. The fraction of sp³-hybridized carbons (Fsp3) is 0.500. The van der Waals surface area contributed by atoms with Gasteiger partial charge in [0, 0.05) is 14.1 Å². The minimum atomic E-state index is -0.431. The van der Waals surface area contributed by atoms with E-state index in [9.17, 15) is 4.79 Å². The molecule has 0 rings (SSSR count). The summed E-state index contributed by atoms with van der Waals surface area (Å²) >= 11 is 0. The van der Waals surface area contributed by atoms with Gasteiger partial charge in [-0.05, 0) is 0 Å². The molecule has 0 aromatic rings. The predicted octanol–water partition coefficient (Wildman–Crippen LogP) is 0.476. The third-order valence-electron chi connectivity index (χ3n) is 0.489. The fourth-order valence-corrected chi connectivity index (χ4v) is 0.129. The van der Waals surface area contributed by atoms with Crippen molar-refractivity contribution in [2.45, 2.75) is 0 Å². The van der Waals surface area contributed by atoms with Crippen molar-refractivity contribution >= 4 is 6.09 Å². The van der Waals surface area contributed by atoms with E-state index in [1.54, 1.807) is 14.1 Å². The lowest BCUT2D eigenvalue weighted by molar-refractivity contribution is 0.154. The minimum Gasteiger partial charge on any atom is -0.446 e. The van der Waals surface area contributed by atoms with Crippen LogP contribution in [0.15, 0.2) is 0 Å². The lowest BCUT2D eigenvalue weighted by atomic mass is 10.9. The molecule has 0 saturated carbocycles. The Balaban J connectivity index is 3.35. The van der Waals surface area contributed by atoms with Crippen LogP contribution in [0, 0.1) is 7.11 Å². The van der Waals surface area contributed by atoms with Crippen LogP contribution in [0.1, 0.15) is 0 Å². The second-order valence-corrected chi connectivity index (χ2v) is 1.30. The SMILES string of the molecule is [CH2]OC(=O)N(C)C. The molecule has 0 N–H and O–H groups in total. The van der Waals surface area contributed by atoms with E-state index in [0.717, 1.165) is 0 Å². The van der Waals surface area contributed by atoms with Crippen molar-refractivity contribution in [3.63, 3.8) is 0 Å². The molecular formula is C4H8NO2. The van der Waals surface area contributed by atoms with Crippen LogP contribution in [0.4, 0.5) is 4.79 Å². The first-order valence-corrected chi connectivity index (χ1v) is 1.81. The molecular weight excluding hydrogens is 94.0 g/mol. The highest BCUT2D eigenvalue weighted by Gasteiger charge is 1.97. The molecule has 0 aromatic carbocycles. The number of ether oxygens (including phenoxy) is 1. The van der Waals surface area contributed by atoms with Crippen LogP contribution in [0.5, 0.6) is 0 Å². The van der Waals surface area contributed by atoms with E-state index in [1.807, 2.05) is 0 Å². The quantitative estimate of drug-likeness (QED) is 0.445. The molecule has 0 bridgehead atoms. The Labute approximate surface area is 42.9 Å². The van der Waals surface area contributed by atoms with Gasteiger partial charge in [0.1, 0.15) is 7.11 Å². The van der Waals surface area contributed by atoms with Gasteiger partial charge in [-0.25, -0.2) is 4.79 Å². The van der Waals surface area contributed by atoms with Crippen LogP contribution >= 0.6 is 0 Å². The van der Waals surface area contributed by atoms with E-state index < -0.39 is 6.09 Å². The average Bonchev–Trinajstić information content (AvgIpc) is 1.65. The van der Waals surface area contributed by atoms with Gasteiger partial charge in [-0.15, -0.1) is 0 Å². The van der Waals surface area contributed by atoms with Gasteiger partial charge >= 0.3 is 6.09 Å². The number of carbonyl (C=O) groups is 1. The normalized spacial score (nSPS) is 7.86. The summed E-state index contributed by atoms with van der Waals surface area (Å²) in [4.78, 5) is 11.5. The highest BCUT2D eigenvalue weighted by Crippen LogP contribution is 1.79. The van der Waals surface area contributed by atoms with E-state index in [2.05, 4.69) is 11.8 Å². The van der Waals surface area contributed by atoms with E-state index in [0.29, 0.717) is 0 Å². The van der Waals surface area contributed by atoms with Gasteiger partial charge in [0.05, 0.1) is 0 Å². The van der Waals surface area contributed by atoms with Gasteiger partial charge in [-0.3, -0.25) is 0 Å². The highest BCUT2D eigenvalue weighted by molar-refractivity contribution is 5.66. The molecule has 0 aromatic heterocycles. The van der Waals surface area contributed by atoms with Crippen molar-refractivity contribution in [1.82, 2.24) is 4.90 Å². The maximum atomic E-state index is 10.2. The standard InChI is InChI=1S/C4H8NO2/c1-5(2)4(6)7-3/h3H2,1-2H3. The molecule has 0 fully saturated rings. The largest absolute Gasteiger partial charge is 0.446 e. The van der Waals surface area contributed by atoms with E-state index in [-0.39, 0.29) is 0 Å². The zero-order chi connectivity index (χ0) is 5.86. The molecule has 1 amide bonds. The first kappa shape index (κ1) is 6.27. The van der Waals surface area contributed by atoms with Gasteiger partial charge in [0.2, 0.25) is 0 Å². The molecule has 0 atom stereocenters. The number of hydrogen-bond donors (Lipinski definition) is 0. The Hall–Kier alpha value is -0.730. The molecule has 3 heteroatoms. The molecule has 0 saturated heterocycles. The lowest BCUT2D eigenvalue weighted by Gasteiger charge is -2.05. The molecule has 0 aliphatic rings. The Morgan fingerprint density at radius 2 is 2.14 bits per heavy atom. The zero-order valence-electron chi connectivity index (χ0n) is 4.47. The third kappa shape index (κ3) is 2.03. The summed E-state index contributed by atoms with van der Waals surface area (Å²) in [5.41, 5.74) is 0. The summed E-state index contributed by atoms with van der Waals surface area (Å²) in [6, 6.07) is 0. The molecule has 1 radical (unpaired) electrons. The molecule has 3 nitrogen and oxygen atoms in total. The maximum Gasteiger partial charge on any atom is 0.409 e. The van der Waals surface area contributed by atoms with Crippen LogP contribution < -0.4 is 0 Å². The molecule has 0 heterocycles.